The van der Waals surface area contributed by atoms with Gasteiger partial charge in [-0.15, -0.1) is 0 Å². The molecule has 1 fully saturated rings. The van der Waals surface area contributed by atoms with E-state index >= 15 is 0 Å². The molecule has 1 saturated heterocycles. The first-order valence-electron chi connectivity index (χ1n) is 11.2. The number of nitrogens with zero attached hydrogens (tertiary/aromatic N) is 4. The predicted octanol–water partition coefficient (Wildman–Crippen LogP) is 4.14. The second-order valence-corrected chi connectivity index (χ2v) is 10.7. The minimum Gasteiger partial charge on any atom is -0.483 e. The fourth-order valence-electron chi connectivity index (χ4n) is 3.97. The van der Waals surface area contributed by atoms with Crippen LogP contribution in [0.15, 0.2) is 70.4 Å². The monoisotopic (exact) mass is 509 g/mol. The molecule has 0 saturated carbocycles. The summed E-state index contributed by atoms with van der Waals surface area (Å²) in [4.78, 5) is 13.3. The van der Waals surface area contributed by atoms with Gasteiger partial charge in [-0.05, 0) is 48.9 Å². The van der Waals surface area contributed by atoms with Gasteiger partial charge in [0.05, 0.1) is 44.7 Å². The highest BCUT2D eigenvalue weighted by Crippen LogP contribution is 2.35. The summed E-state index contributed by atoms with van der Waals surface area (Å²) in [6, 6.07) is 11.1. The van der Waals surface area contributed by atoms with Crippen LogP contribution < -0.4 is 10.1 Å². The molecule has 1 aliphatic heterocycles. The van der Waals surface area contributed by atoms with Crippen LogP contribution in [-0.2, 0) is 14.5 Å². The lowest BCUT2D eigenvalue weighted by Gasteiger charge is -2.19. The van der Waals surface area contributed by atoms with Crippen LogP contribution in [0.4, 0.5) is 21.6 Å². The third kappa shape index (κ3) is 4.99. The molecule has 2 aromatic carbocycles. The Kier molecular flexibility index (Phi) is 6.52. The lowest BCUT2D eigenvalue weighted by Crippen LogP contribution is -2.30. The first kappa shape index (κ1) is 24.0. The molecule has 0 bridgehead atoms. The number of aliphatic hydroxyl groups excluding tert-OH is 1. The van der Waals surface area contributed by atoms with Gasteiger partial charge in [0.25, 0.3) is 0 Å². The van der Waals surface area contributed by atoms with Gasteiger partial charge in [0, 0.05) is 30.1 Å². The van der Waals surface area contributed by atoms with E-state index < -0.39 is 27.8 Å². The maximum Gasteiger partial charge on any atom is 0.150 e. The number of hydrogen-bond acceptors (Lipinski definition) is 9. The minimum absolute atomic E-state index is 0.163. The zero-order valence-electron chi connectivity index (χ0n) is 19.6. The van der Waals surface area contributed by atoms with E-state index in [4.69, 9.17) is 9.47 Å². The lowest BCUT2D eigenvalue weighted by atomic mass is 10.1. The molecule has 186 valence electrons. The molecule has 3 atom stereocenters. The summed E-state index contributed by atoms with van der Waals surface area (Å²) in [5.41, 5.74) is 2.38. The highest BCUT2D eigenvalue weighted by Gasteiger charge is 2.29. The first-order valence-corrected chi connectivity index (χ1v) is 13.1. The average molecular weight is 510 g/mol. The number of fused-ring (bicyclic) bond motifs is 1. The van der Waals surface area contributed by atoms with Crippen LogP contribution in [0, 0.1) is 12.7 Å². The Balaban J connectivity index is 1.51. The molecule has 9 nitrogen and oxygen atoms in total. The molecule has 2 N–H and O–H groups in total. The van der Waals surface area contributed by atoms with Crippen molar-refractivity contribution in [2.24, 2.45) is 4.36 Å². The number of pyridine rings is 1. The number of halogens is 1. The first-order chi connectivity index (χ1) is 17.3. The zero-order chi connectivity index (χ0) is 25.3. The summed E-state index contributed by atoms with van der Waals surface area (Å²) in [5, 5.41) is 14.0. The van der Waals surface area contributed by atoms with Gasteiger partial charge < -0.3 is 19.9 Å². The molecule has 0 spiro atoms. The number of aliphatic hydroxyl groups is 1. The van der Waals surface area contributed by atoms with E-state index in [2.05, 4.69) is 24.6 Å². The Morgan fingerprint density at radius 2 is 2.08 bits per heavy atom. The zero-order valence-corrected chi connectivity index (χ0v) is 20.4. The van der Waals surface area contributed by atoms with E-state index in [1.165, 1.54) is 18.5 Å². The van der Waals surface area contributed by atoms with E-state index in [0.29, 0.717) is 27.6 Å². The van der Waals surface area contributed by atoms with Crippen LogP contribution in [0.5, 0.6) is 5.75 Å². The standard InChI is InChI=1S/C25H24FN5O4S/c1-15-8-17(31-36(2,33)18-4-3-7-27-11-18)10-20-24(15)25(29-14-28-20)30-19-6-5-16(26)9-22(19)35-23-13-34-12-21(23)32/h3-11,14,21,23,32H,12-13H2,1-2H3,(H,28,29,30)/t21-,23+,36?/m0/s1. The highest BCUT2D eigenvalue weighted by molar-refractivity contribution is 7.93. The normalized spacial score (nSPS) is 19.1. The molecule has 0 radical (unpaired) electrons. The van der Waals surface area contributed by atoms with Crippen molar-refractivity contribution in [1.82, 2.24) is 15.0 Å². The summed E-state index contributed by atoms with van der Waals surface area (Å²) < 4.78 is 42.8. The van der Waals surface area contributed by atoms with Crippen molar-refractivity contribution in [3.63, 3.8) is 0 Å². The van der Waals surface area contributed by atoms with Crippen LogP contribution in [-0.4, -0.2) is 55.9 Å². The third-order valence-electron chi connectivity index (χ3n) is 5.75. The van der Waals surface area contributed by atoms with E-state index in [0.717, 1.165) is 10.9 Å². The highest BCUT2D eigenvalue weighted by atomic mass is 32.2. The summed E-state index contributed by atoms with van der Waals surface area (Å²) in [6.07, 6.45) is 4.72. The molecule has 2 aromatic heterocycles. The maximum absolute atomic E-state index is 14.0. The summed E-state index contributed by atoms with van der Waals surface area (Å²) in [5.74, 6) is 0.228. The Morgan fingerprint density at radius 1 is 1.22 bits per heavy atom. The van der Waals surface area contributed by atoms with Gasteiger partial charge in [0.1, 0.15) is 29.8 Å². The second kappa shape index (κ2) is 9.76. The molecule has 0 aliphatic carbocycles. The van der Waals surface area contributed by atoms with Gasteiger partial charge in [0.15, 0.2) is 6.10 Å². The summed E-state index contributed by atoms with van der Waals surface area (Å²) >= 11 is 0. The van der Waals surface area contributed by atoms with Crippen molar-refractivity contribution in [1.29, 1.82) is 0 Å². The number of benzene rings is 2. The van der Waals surface area contributed by atoms with Gasteiger partial charge >= 0.3 is 0 Å². The van der Waals surface area contributed by atoms with Crippen molar-refractivity contribution in [2.75, 3.05) is 24.8 Å². The fourth-order valence-corrected chi connectivity index (χ4v) is 5.17. The molecule has 1 aliphatic rings. The SMILES string of the molecule is Cc1cc(N=S(C)(=O)c2cccnc2)cc2ncnc(Nc3ccc(F)cc3O[C@@H]3COC[C@@H]3O)c12. The predicted molar refractivity (Wildman–Crippen MR) is 134 cm³/mol. The van der Waals surface area contributed by atoms with Gasteiger partial charge in [0.2, 0.25) is 0 Å². The van der Waals surface area contributed by atoms with Crippen LogP contribution in [0.25, 0.3) is 10.9 Å². The Hall–Kier alpha value is -3.67. The van der Waals surface area contributed by atoms with Gasteiger partial charge in [-0.25, -0.2) is 18.6 Å². The van der Waals surface area contributed by atoms with Crippen molar-refractivity contribution >= 4 is 37.8 Å². The largest absolute Gasteiger partial charge is 0.483 e. The van der Waals surface area contributed by atoms with Crippen LogP contribution in [0.3, 0.4) is 0 Å². The van der Waals surface area contributed by atoms with Crippen molar-refractivity contribution in [3.8, 4) is 5.75 Å². The quantitative estimate of drug-likeness (QED) is 0.398. The van der Waals surface area contributed by atoms with Gasteiger partial charge in [-0.3, -0.25) is 4.98 Å². The van der Waals surface area contributed by atoms with Crippen molar-refractivity contribution < 1.29 is 23.2 Å². The summed E-state index contributed by atoms with van der Waals surface area (Å²) in [6.45, 7) is 2.25. The molecule has 0 amide bonds. The number of aromatic nitrogens is 3. The van der Waals surface area contributed by atoms with Crippen LogP contribution in [0.1, 0.15) is 5.56 Å². The number of hydrogen-bond donors (Lipinski definition) is 2. The summed E-state index contributed by atoms with van der Waals surface area (Å²) in [7, 11) is -2.71. The number of ether oxygens (including phenoxy) is 2. The molecular formula is C25H24FN5O4S. The van der Waals surface area contributed by atoms with Crippen molar-refractivity contribution in [2.45, 2.75) is 24.0 Å². The lowest BCUT2D eigenvalue weighted by molar-refractivity contribution is 0.0736. The Labute approximate surface area is 207 Å². The van der Waals surface area contributed by atoms with Crippen LogP contribution >= 0.6 is 0 Å². The van der Waals surface area contributed by atoms with Gasteiger partial charge in [-0.1, -0.05) is 0 Å². The van der Waals surface area contributed by atoms with E-state index in [9.17, 15) is 13.7 Å². The Morgan fingerprint density at radius 3 is 2.83 bits per heavy atom. The molecule has 5 rings (SSSR count). The van der Waals surface area contributed by atoms with Crippen LogP contribution in [0.2, 0.25) is 0 Å². The number of aryl methyl sites for hydroxylation is 1. The molecule has 3 heterocycles. The Bertz CT molecular complexity index is 1540. The van der Waals surface area contributed by atoms with E-state index in [-0.39, 0.29) is 19.0 Å². The smallest absolute Gasteiger partial charge is 0.150 e. The average Bonchev–Trinajstić information content (AvgIpc) is 3.25. The number of anilines is 2. The topological polar surface area (TPSA) is 119 Å². The molecule has 4 aromatic rings. The van der Waals surface area contributed by atoms with Gasteiger partial charge in [-0.2, -0.15) is 4.36 Å². The molecule has 11 heteroatoms. The maximum atomic E-state index is 14.0. The second-order valence-electron chi connectivity index (χ2n) is 8.49. The number of rotatable bonds is 6. The number of nitrogens with one attached hydrogen (secondary N) is 1. The molecular weight excluding hydrogens is 485 g/mol. The molecule has 1 unspecified atom stereocenters. The minimum atomic E-state index is -2.71. The fraction of sp³-hybridized carbons (Fsp3) is 0.240. The van der Waals surface area contributed by atoms with Crippen molar-refractivity contribution in [3.05, 3.63) is 72.6 Å². The molecule has 36 heavy (non-hydrogen) atoms. The van der Waals surface area contributed by atoms with E-state index in [1.54, 1.807) is 42.9 Å². The van der Waals surface area contributed by atoms with E-state index in [1.807, 2.05) is 13.0 Å². The third-order valence-corrected chi connectivity index (χ3v) is 7.42.